The molecule has 0 aromatic heterocycles. The number of rotatable bonds is 9. The zero-order valence-electron chi connectivity index (χ0n) is 16.4. The van der Waals surface area contributed by atoms with Crippen molar-refractivity contribution in [3.05, 3.63) is 60.2 Å². The maximum Gasteiger partial charge on any atom is 0.317 e. The number of carbonyl (C=O) groups is 2. The minimum atomic E-state index is -0.779. The molecule has 0 spiro atoms. The van der Waals surface area contributed by atoms with E-state index in [2.05, 4.69) is 15.5 Å². The number of carbonyl (C=O) groups excluding carboxylic acids is 1. The quantitative estimate of drug-likeness (QED) is 0.608. The number of hydrogen-bond donors (Lipinski definition) is 3. The molecule has 0 bridgehead atoms. The van der Waals surface area contributed by atoms with E-state index >= 15 is 0 Å². The van der Waals surface area contributed by atoms with Crippen molar-refractivity contribution in [2.75, 3.05) is 18.4 Å². The number of para-hydroxylation sites is 2. The third kappa shape index (κ3) is 5.15. The number of carboxylic acids is 1. The molecule has 0 radical (unpaired) electrons. The van der Waals surface area contributed by atoms with Crippen LogP contribution in [0.5, 0.6) is 0 Å². The summed E-state index contributed by atoms with van der Waals surface area (Å²) >= 11 is 0. The lowest BCUT2D eigenvalue weighted by Crippen LogP contribution is -2.55. The van der Waals surface area contributed by atoms with Crippen molar-refractivity contribution in [2.24, 2.45) is 5.92 Å². The number of amides is 1. The molecule has 6 nitrogen and oxygen atoms in total. The number of anilines is 2. The van der Waals surface area contributed by atoms with Gasteiger partial charge in [0, 0.05) is 24.3 Å². The van der Waals surface area contributed by atoms with Crippen LogP contribution in [0, 0.1) is 5.92 Å². The topological polar surface area (TPSA) is 81.7 Å². The van der Waals surface area contributed by atoms with Gasteiger partial charge in [-0.3, -0.25) is 14.5 Å². The average molecular weight is 393 g/mol. The molecule has 6 heteroatoms. The van der Waals surface area contributed by atoms with Crippen LogP contribution in [-0.4, -0.2) is 47.1 Å². The van der Waals surface area contributed by atoms with Gasteiger partial charge in [-0.05, 0) is 55.9 Å². The zero-order chi connectivity index (χ0) is 20.2. The van der Waals surface area contributed by atoms with Gasteiger partial charge in [-0.15, -0.1) is 0 Å². The fourth-order valence-electron chi connectivity index (χ4n) is 3.88. The molecule has 3 N–H and O–H groups in total. The second-order valence-corrected chi connectivity index (χ2v) is 8.10. The lowest BCUT2D eigenvalue weighted by molar-refractivity contribution is -0.139. The van der Waals surface area contributed by atoms with Crippen molar-refractivity contribution >= 4 is 23.3 Å². The van der Waals surface area contributed by atoms with Crippen molar-refractivity contribution in [1.29, 1.82) is 0 Å². The molecule has 2 aliphatic rings. The number of nitrogens with zero attached hydrogens (tertiary/aromatic N) is 1. The fraction of sp³-hybridized carbons (Fsp3) is 0.391. The predicted octanol–water partition coefficient (Wildman–Crippen LogP) is 3.49. The molecule has 0 unspecified atom stereocenters. The first-order chi connectivity index (χ1) is 14.1. The van der Waals surface area contributed by atoms with E-state index < -0.39 is 5.97 Å². The van der Waals surface area contributed by atoms with E-state index in [9.17, 15) is 14.7 Å². The third-order valence-electron chi connectivity index (χ3n) is 5.72. The lowest BCUT2D eigenvalue weighted by Gasteiger charge is -2.42. The van der Waals surface area contributed by atoms with Gasteiger partial charge in [0.05, 0.1) is 17.8 Å². The summed E-state index contributed by atoms with van der Waals surface area (Å²) in [7, 11) is 0. The van der Waals surface area contributed by atoms with E-state index in [1.54, 1.807) is 0 Å². The maximum atomic E-state index is 12.8. The van der Waals surface area contributed by atoms with Crippen LogP contribution in [0.4, 0.5) is 11.4 Å². The van der Waals surface area contributed by atoms with Gasteiger partial charge < -0.3 is 15.7 Å². The summed E-state index contributed by atoms with van der Waals surface area (Å²) in [6.07, 6.45) is 4.02. The summed E-state index contributed by atoms with van der Waals surface area (Å²) < 4.78 is 0. The Hall–Kier alpha value is -2.86. The SMILES string of the molecule is O=C(O)CN(CC1CC1)C1CC(NC(=O)c2ccccc2Nc2ccccc2)C1. The number of aliphatic carboxylic acids is 1. The molecule has 2 aliphatic carbocycles. The molecule has 1 amide bonds. The molecule has 0 atom stereocenters. The van der Waals surface area contributed by atoms with Crippen LogP contribution in [0.2, 0.25) is 0 Å². The standard InChI is InChI=1S/C23H27N3O3/c27-22(28)15-26(14-16-10-11-16)19-12-18(13-19)25-23(29)20-8-4-5-9-21(20)24-17-6-2-1-3-7-17/h1-9,16,18-19,24H,10-15H2,(H,25,29)(H,27,28). The van der Waals surface area contributed by atoms with E-state index in [1.165, 1.54) is 12.8 Å². The molecule has 2 aromatic carbocycles. The summed E-state index contributed by atoms with van der Waals surface area (Å²) in [4.78, 5) is 26.1. The van der Waals surface area contributed by atoms with Gasteiger partial charge in [-0.2, -0.15) is 0 Å². The van der Waals surface area contributed by atoms with Crippen LogP contribution in [0.15, 0.2) is 54.6 Å². The number of benzene rings is 2. The maximum absolute atomic E-state index is 12.8. The summed E-state index contributed by atoms with van der Waals surface area (Å²) in [6.45, 7) is 0.952. The highest BCUT2D eigenvalue weighted by molar-refractivity contribution is 6.00. The molecule has 0 aliphatic heterocycles. The Bertz CT molecular complexity index is 861. The van der Waals surface area contributed by atoms with Gasteiger partial charge in [0.25, 0.3) is 5.91 Å². The van der Waals surface area contributed by atoms with E-state index in [1.807, 2.05) is 54.6 Å². The summed E-state index contributed by atoms with van der Waals surface area (Å²) in [5, 5.41) is 15.6. The van der Waals surface area contributed by atoms with Crippen molar-refractivity contribution < 1.29 is 14.7 Å². The Morgan fingerprint density at radius 3 is 2.38 bits per heavy atom. The monoisotopic (exact) mass is 393 g/mol. The normalized spacial score (nSPS) is 20.7. The molecule has 2 saturated carbocycles. The molecule has 29 heavy (non-hydrogen) atoms. The molecule has 0 saturated heterocycles. The van der Waals surface area contributed by atoms with Gasteiger partial charge in [-0.25, -0.2) is 0 Å². The summed E-state index contributed by atoms with van der Waals surface area (Å²) in [5.74, 6) is -0.225. The van der Waals surface area contributed by atoms with Gasteiger partial charge in [0.2, 0.25) is 0 Å². The molecule has 152 valence electrons. The first-order valence-corrected chi connectivity index (χ1v) is 10.3. The minimum Gasteiger partial charge on any atom is -0.480 e. The van der Waals surface area contributed by atoms with Crippen molar-refractivity contribution in [3.63, 3.8) is 0 Å². The van der Waals surface area contributed by atoms with E-state index in [-0.39, 0.29) is 24.5 Å². The van der Waals surface area contributed by atoms with E-state index in [0.29, 0.717) is 11.5 Å². The summed E-state index contributed by atoms with van der Waals surface area (Å²) in [5.41, 5.74) is 2.31. The highest BCUT2D eigenvalue weighted by Gasteiger charge is 2.37. The van der Waals surface area contributed by atoms with E-state index in [4.69, 9.17) is 0 Å². The second kappa shape index (κ2) is 8.66. The highest BCUT2D eigenvalue weighted by atomic mass is 16.4. The smallest absolute Gasteiger partial charge is 0.317 e. The predicted molar refractivity (Wildman–Crippen MR) is 112 cm³/mol. The van der Waals surface area contributed by atoms with Crippen LogP contribution >= 0.6 is 0 Å². The van der Waals surface area contributed by atoms with Crippen LogP contribution < -0.4 is 10.6 Å². The first kappa shape index (κ1) is 19.5. The van der Waals surface area contributed by atoms with Crippen LogP contribution in [-0.2, 0) is 4.79 Å². The molecule has 2 fully saturated rings. The first-order valence-electron chi connectivity index (χ1n) is 10.3. The highest BCUT2D eigenvalue weighted by Crippen LogP contribution is 2.34. The Labute approximate surface area is 170 Å². The Morgan fingerprint density at radius 2 is 1.69 bits per heavy atom. The average Bonchev–Trinajstić information content (AvgIpc) is 3.48. The molecular formula is C23H27N3O3. The van der Waals surface area contributed by atoms with Crippen LogP contribution in [0.1, 0.15) is 36.0 Å². The molecule has 0 heterocycles. The van der Waals surface area contributed by atoms with Gasteiger partial charge in [0.1, 0.15) is 0 Å². The molecular weight excluding hydrogens is 366 g/mol. The third-order valence-corrected chi connectivity index (χ3v) is 5.72. The van der Waals surface area contributed by atoms with Crippen molar-refractivity contribution in [2.45, 2.75) is 37.8 Å². The van der Waals surface area contributed by atoms with Gasteiger partial charge in [-0.1, -0.05) is 30.3 Å². The number of carboxylic acid groups (broad SMARTS) is 1. The van der Waals surface area contributed by atoms with Crippen molar-refractivity contribution in [1.82, 2.24) is 10.2 Å². The Kier molecular flexibility index (Phi) is 5.81. The Balaban J connectivity index is 1.34. The molecule has 2 aromatic rings. The Morgan fingerprint density at radius 1 is 1.00 bits per heavy atom. The number of hydrogen-bond acceptors (Lipinski definition) is 4. The second-order valence-electron chi connectivity index (χ2n) is 8.10. The number of nitrogens with one attached hydrogen (secondary N) is 2. The van der Waals surface area contributed by atoms with Gasteiger partial charge in [0.15, 0.2) is 0 Å². The largest absolute Gasteiger partial charge is 0.480 e. The van der Waals surface area contributed by atoms with Gasteiger partial charge >= 0.3 is 5.97 Å². The summed E-state index contributed by atoms with van der Waals surface area (Å²) in [6, 6.07) is 17.6. The zero-order valence-corrected chi connectivity index (χ0v) is 16.4. The van der Waals surface area contributed by atoms with Crippen LogP contribution in [0.25, 0.3) is 0 Å². The van der Waals surface area contributed by atoms with E-state index in [0.717, 1.165) is 30.8 Å². The fourth-order valence-corrected chi connectivity index (χ4v) is 3.88. The molecule has 4 rings (SSSR count). The lowest BCUT2D eigenvalue weighted by atomic mass is 9.85. The van der Waals surface area contributed by atoms with Crippen LogP contribution in [0.3, 0.4) is 0 Å². The minimum absolute atomic E-state index is 0.0890. The van der Waals surface area contributed by atoms with Crippen molar-refractivity contribution in [3.8, 4) is 0 Å².